The minimum atomic E-state index is -0.211. The third-order valence-corrected chi connectivity index (χ3v) is 13.0. The number of hydrogen-bond donors (Lipinski definition) is 0. The third kappa shape index (κ3) is 5.98. The van der Waals surface area contributed by atoms with Gasteiger partial charge in [0, 0.05) is 38.6 Å². The van der Waals surface area contributed by atoms with Crippen LogP contribution in [0.3, 0.4) is 0 Å². The van der Waals surface area contributed by atoms with Gasteiger partial charge in [0.05, 0.1) is 33.8 Å². The summed E-state index contributed by atoms with van der Waals surface area (Å²) in [7, 11) is 0. The largest absolute Gasteiger partial charge is 0.310 e. The van der Waals surface area contributed by atoms with Crippen molar-refractivity contribution < 1.29 is 0 Å². The lowest BCUT2D eigenvalue weighted by atomic mass is 9.73. The van der Waals surface area contributed by atoms with Crippen LogP contribution in [0.1, 0.15) is 25.0 Å². The molecule has 9 aromatic carbocycles. The first kappa shape index (κ1) is 36.7. The number of aromatic nitrogens is 3. The Kier molecular flexibility index (Phi) is 8.48. The van der Waals surface area contributed by atoms with E-state index >= 15 is 0 Å². The molecule has 0 bridgehead atoms. The Morgan fingerprint density at radius 1 is 0.413 bits per heavy atom. The Bertz CT molecular complexity index is 3520. The minimum Gasteiger partial charge on any atom is -0.310 e. The van der Waals surface area contributed by atoms with Crippen molar-refractivity contribution in [1.29, 1.82) is 0 Å². The number of anilines is 3. The topological polar surface area (TPSA) is 34.0 Å². The van der Waals surface area contributed by atoms with Crippen LogP contribution in [-0.2, 0) is 5.41 Å². The molecule has 11 aromatic rings. The van der Waals surface area contributed by atoms with Crippen molar-refractivity contribution >= 4 is 49.6 Å². The monoisotopic (exact) mass is 806 g/mol. The van der Waals surface area contributed by atoms with E-state index in [1.807, 2.05) is 0 Å². The van der Waals surface area contributed by atoms with Gasteiger partial charge in [0.2, 0.25) is 5.95 Å². The predicted octanol–water partition coefficient (Wildman–Crippen LogP) is 15.5. The van der Waals surface area contributed by atoms with E-state index in [1.165, 1.54) is 49.8 Å². The SMILES string of the molecule is CC1(C)c2ccccc2N(c2ccccc2)c2cc(-c3cccc4c5c6ccccc6ccc5n(-c5nc(-c6ccccc6)cc(-c6ccc(-c7ccccc7)cc6)n5)c34)ccc21. The molecule has 0 radical (unpaired) electrons. The molecule has 0 N–H and O–H groups in total. The van der Waals surface area contributed by atoms with E-state index in [9.17, 15) is 0 Å². The van der Waals surface area contributed by atoms with E-state index in [1.54, 1.807) is 0 Å². The van der Waals surface area contributed by atoms with E-state index in [-0.39, 0.29) is 5.41 Å². The number of nitrogens with zero attached hydrogens (tertiary/aromatic N) is 4. The molecule has 63 heavy (non-hydrogen) atoms. The summed E-state index contributed by atoms with van der Waals surface area (Å²) in [6.45, 7) is 4.69. The summed E-state index contributed by atoms with van der Waals surface area (Å²) in [6.07, 6.45) is 0. The molecule has 0 unspecified atom stereocenters. The van der Waals surface area contributed by atoms with Crippen LogP contribution < -0.4 is 4.90 Å². The summed E-state index contributed by atoms with van der Waals surface area (Å²) in [4.78, 5) is 13.4. The molecule has 298 valence electrons. The molecule has 4 nitrogen and oxygen atoms in total. The molecule has 0 spiro atoms. The van der Waals surface area contributed by atoms with Gasteiger partial charge in [-0.3, -0.25) is 4.57 Å². The van der Waals surface area contributed by atoms with Crippen LogP contribution in [0.5, 0.6) is 0 Å². The van der Waals surface area contributed by atoms with Crippen molar-refractivity contribution in [1.82, 2.24) is 14.5 Å². The molecule has 1 aliphatic rings. The van der Waals surface area contributed by atoms with E-state index < -0.39 is 0 Å². The van der Waals surface area contributed by atoms with Crippen LogP contribution in [0.15, 0.2) is 218 Å². The molecular weight excluding hydrogens is 765 g/mol. The normalized spacial score (nSPS) is 13.0. The number of hydrogen-bond acceptors (Lipinski definition) is 3. The van der Waals surface area contributed by atoms with Crippen molar-refractivity contribution in [3.63, 3.8) is 0 Å². The van der Waals surface area contributed by atoms with Gasteiger partial charge in [-0.2, -0.15) is 0 Å². The van der Waals surface area contributed by atoms with Crippen LogP contribution in [-0.4, -0.2) is 14.5 Å². The Balaban J connectivity index is 1.13. The van der Waals surface area contributed by atoms with Crippen molar-refractivity contribution in [2.75, 3.05) is 4.90 Å². The molecule has 0 saturated heterocycles. The second-order valence-electron chi connectivity index (χ2n) is 17.0. The van der Waals surface area contributed by atoms with Gasteiger partial charge in [-0.25, -0.2) is 9.97 Å². The minimum absolute atomic E-state index is 0.211. The van der Waals surface area contributed by atoms with E-state index in [0.29, 0.717) is 5.95 Å². The van der Waals surface area contributed by atoms with Crippen LogP contribution in [0, 0.1) is 0 Å². The maximum Gasteiger partial charge on any atom is 0.235 e. The first-order valence-electron chi connectivity index (χ1n) is 21.7. The van der Waals surface area contributed by atoms with Crippen molar-refractivity contribution in [2.24, 2.45) is 0 Å². The average molecular weight is 807 g/mol. The Morgan fingerprint density at radius 2 is 0.984 bits per heavy atom. The van der Waals surface area contributed by atoms with E-state index in [0.717, 1.165) is 55.7 Å². The smallest absolute Gasteiger partial charge is 0.235 e. The quantitative estimate of drug-likeness (QED) is 0.168. The summed E-state index contributed by atoms with van der Waals surface area (Å²) < 4.78 is 2.31. The average Bonchev–Trinajstić information content (AvgIpc) is 3.70. The lowest BCUT2D eigenvalue weighted by Crippen LogP contribution is -2.30. The van der Waals surface area contributed by atoms with Gasteiger partial charge in [-0.15, -0.1) is 0 Å². The highest BCUT2D eigenvalue weighted by molar-refractivity contribution is 6.23. The lowest BCUT2D eigenvalue weighted by Gasteiger charge is -2.42. The van der Waals surface area contributed by atoms with E-state index in [2.05, 4.69) is 242 Å². The molecule has 0 amide bonds. The molecule has 2 aromatic heterocycles. The molecule has 1 aliphatic heterocycles. The van der Waals surface area contributed by atoms with Gasteiger partial charge in [0.1, 0.15) is 0 Å². The molecular formula is C59H42N4. The first-order chi connectivity index (χ1) is 31.0. The fraction of sp³-hybridized carbons (Fsp3) is 0.0508. The summed E-state index contributed by atoms with van der Waals surface area (Å²) in [5, 5.41) is 4.74. The summed E-state index contributed by atoms with van der Waals surface area (Å²) in [6, 6.07) is 78.4. The van der Waals surface area contributed by atoms with Gasteiger partial charge in [0.25, 0.3) is 0 Å². The van der Waals surface area contributed by atoms with Crippen LogP contribution in [0.25, 0.3) is 83.3 Å². The summed E-state index contributed by atoms with van der Waals surface area (Å²) in [5.74, 6) is 0.625. The first-order valence-corrected chi connectivity index (χ1v) is 21.7. The van der Waals surface area contributed by atoms with Crippen molar-refractivity contribution in [2.45, 2.75) is 19.3 Å². The summed E-state index contributed by atoms with van der Waals surface area (Å²) in [5.41, 5.74) is 16.4. The van der Waals surface area contributed by atoms with Gasteiger partial charge in [-0.05, 0) is 75.0 Å². The highest BCUT2D eigenvalue weighted by atomic mass is 15.2. The lowest BCUT2D eigenvalue weighted by molar-refractivity contribution is 0.632. The fourth-order valence-corrected chi connectivity index (χ4v) is 9.92. The highest BCUT2D eigenvalue weighted by Crippen LogP contribution is 2.53. The van der Waals surface area contributed by atoms with Gasteiger partial charge in [0.15, 0.2) is 0 Å². The van der Waals surface area contributed by atoms with Gasteiger partial charge in [-0.1, -0.05) is 196 Å². The zero-order chi connectivity index (χ0) is 42.1. The molecule has 3 heterocycles. The maximum atomic E-state index is 5.50. The fourth-order valence-electron chi connectivity index (χ4n) is 9.92. The second-order valence-corrected chi connectivity index (χ2v) is 17.0. The molecule has 0 fully saturated rings. The number of benzene rings is 9. The Morgan fingerprint density at radius 3 is 1.75 bits per heavy atom. The molecule has 12 rings (SSSR count). The molecule has 0 saturated carbocycles. The van der Waals surface area contributed by atoms with Crippen molar-refractivity contribution in [3.05, 3.63) is 230 Å². The van der Waals surface area contributed by atoms with Crippen LogP contribution in [0.2, 0.25) is 0 Å². The van der Waals surface area contributed by atoms with Crippen LogP contribution in [0.4, 0.5) is 17.1 Å². The van der Waals surface area contributed by atoms with E-state index in [4.69, 9.17) is 9.97 Å². The zero-order valence-corrected chi connectivity index (χ0v) is 35.1. The van der Waals surface area contributed by atoms with Crippen LogP contribution >= 0.6 is 0 Å². The molecule has 0 aliphatic carbocycles. The number of fused-ring (bicyclic) bond motifs is 7. The van der Waals surface area contributed by atoms with Crippen molar-refractivity contribution in [3.8, 4) is 50.7 Å². The summed E-state index contributed by atoms with van der Waals surface area (Å²) >= 11 is 0. The third-order valence-electron chi connectivity index (χ3n) is 13.0. The highest BCUT2D eigenvalue weighted by Gasteiger charge is 2.37. The number of rotatable bonds is 6. The maximum absolute atomic E-state index is 5.50. The number of para-hydroxylation sites is 3. The standard InChI is InChI=1S/C59H42N4/c1-59(2)49-27-14-15-28-53(49)62(45-22-10-5-11-23-45)55-37-44(33-35-50(55)59)47-25-16-26-48-56-46-24-13-12-19-41(46)34-36-54(56)63(57(47)48)58-60-51(42-20-8-4-9-21-42)38-52(61-58)43-31-29-40(30-32-43)39-17-6-3-7-18-39/h3-38H,1-2H3. The predicted molar refractivity (Wildman–Crippen MR) is 262 cm³/mol. The van der Waals surface area contributed by atoms with Gasteiger partial charge < -0.3 is 4.90 Å². The Hall–Kier alpha value is -8.08. The zero-order valence-electron chi connectivity index (χ0n) is 35.1. The second kappa shape index (κ2) is 14.5. The molecule has 4 heteroatoms. The molecule has 0 atom stereocenters. The Labute approximate surface area is 367 Å². The van der Waals surface area contributed by atoms with Gasteiger partial charge >= 0.3 is 0 Å².